The molecule has 2 N–H and O–H groups in total. The van der Waals surface area contributed by atoms with Crippen LogP contribution in [-0.4, -0.2) is 70.6 Å². The van der Waals surface area contributed by atoms with Gasteiger partial charge in [-0.3, -0.25) is 4.90 Å². The molecule has 1 saturated carbocycles. The Kier molecular flexibility index (Phi) is 7.53. The predicted molar refractivity (Wildman–Crippen MR) is 122 cm³/mol. The van der Waals surface area contributed by atoms with E-state index >= 15 is 0 Å². The first-order valence-corrected chi connectivity index (χ1v) is 11.6. The molecule has 1 aromatic carbocycles. The average Bonchev–Trinajstić information content (AvgIpc) is 3.37. The summed E-state index contributed by atoms with van der Waals surface area (Å²) in [7, 11) is 0. The number of nitrogens with zero attached hydrogens (tertiary/aromatic N) is 5. The molecule has 0 radical (unpaired) electrons. The number of rotatable bonds is 7. The van der Waals surface area contributed by atoms with E-state index in [0.717, 1.165) is 51.0 Å². The maximum absolute atomic E-state index is 5.61. The summed E-state index contributed by atoms with van der Waals surface area (Å²) in [6.45, 7) is 8.30. The van der Waals surface area contributed by atoms with Gasteiger partial charge in [0.05, 0.1) is 25.4 Å². The molecule has 2 fully saturated rings. The van der Waals surface area contributed by atoms with E-state index in [1.54, 1.807) is 17.3 Å². The Bertz CT molecular complexity index is 807. The molecule has 8 heteroatoms. The maximum Gasteiger partial charge on any atom is 0.191 e. The molecule has 0 unspecified atom stereocenters. The molecule has 1 aliphatic heterocycles. The Labute approximate surface area is 185 Å². The minimum Gasteiger partial charge on any atom is -0.379 e. The molecule has 2 aromatic rings. The van der Waals surface area contributed by atoms with E-state index in [1.807, 2.05) is 0 Å². The quantitative estimate of drug-likeness (QED) is 0.524. The third-order valence-corrected chi connectivity index (χ3v) is 6.43. The molecule has 168 valence electrons. The SMILES string of the molecule is CCNC(=NCc1ccc(-n2cncn2)cc1)NCC1(N2CCOCC2)CCCCC1. The number of nitrogens with one attached hydrogen (secondary N) is 2. The van der Waals surface area contributed by atoms with E-state index in [4.69, 9.17) is 9.73 Å². The second-order valence-corrected chi connectivity index (χ2v) is 8.44. The van der Waals surface area contributed by atoms with Crippen molar-refractivity contribution in [3.63, 3.8) is 0 Å². The molecule has 1 aromatic heterocycles. The van der Waals surface area contributed by atoms with Crippen LogP contribution < -0.4 is 10.6 Å². The van der Waals surface area contributed by atoms with Gasteiger partial charge in [0, 0.05) is 31.7 Å². The van der Waals surface area contributed by atoms with Crippen LogP contribution in [0.4, 0.5) is 0 Å². The largest absolute Gasteiger partial charge is 0.379 e. The molecule has 4 rings (SSSR count). The molecule has 0 bridgehead atoms. The van der Waals surface area contributed by atoms with Gasteiger partial charge in [-0.25, -0.2) is 14.7 Å². The molecule has 8 nitrogen and oxygen atoms in total. The van der Waals surface area contributed by atoms with E-state index in [1.165, 1.54) is 37.7 Å². The standard InChI is InChI=1S/C23H35N7O/c1-2-25-22(26-16-20-6-8-21(9-7-20)30-19-24-18-28-30)27-17-23(10-4-3-5-11-23)29-12-14-31-15-13-29/h6-9,18-19H,2-5,10-17H2,1H3,(H2,25,26,27). The fourth-order valence-electron chi connectivity index (χ4n) is 4.71. The number of hydrogen-bond acceptors (Lipinski definition) is 5. The molecule has 2 aliphatic rings. The van der Waals surface area contributed by atoms with Crippen LogP contribution in [0.5, 0.6) is 0 Å². The summed E-state index contributed by atoms with van der Waals surface area (Å²) >= 11 is 0. The monoisotopic (exact) mass is 425 g/mol. The molecule has 1 aliphatic carbocycles. The second-order valence-electron chi connectivity index (χ2n) is 8.44. The molecule has 31 heavy (non-hydrogen) atoms. The molecular formula is C23H35N7O. The van der Waals surface area contributed by atoms with Crippen LogP contribution in [0.25, 0.3) is 5.69 Å². The summed E-state index contributed by atoms with van der Waals surface area (Å²) in [5.41, 5.74) is 2.39. The first-order chi connectivity index (χ1) is 15.3. The van der Waals surface area contributed by atoms with Crippen molar-refractivity contribution in [1.29, 1.82) is 0 Å². The van der Waals surface area contributed by atoms with Crippen LogP contribution in [0.1, 0.15) is 44.6 Å². The smallest absolute Gasteiger partial charge is 0.191 e. The van der Waals surface area contributed by atoms with E-state index < -0.39 is 0 Å². The Morgan fingerprint density at radius 3 is 2.55 bits per heavy atom. The van der Waals surface area contributed by atoms with Gasteiger partial charge in [-0.2, -0.15) is 5.10 Å². The van der Waals surface area contributed by atoms with Crippen LogP contribution in [0.3, 0.4) is 0 Å². The lowest BCUT2D eigenvalue weighted by Gasteiger charge is -2.48. The normalized spacial score (nSPS) is 19.8. The number of guanidine groups is 1. The summed E-state index contributed by atoms with van der Waals surface area (Å²) in [5.74, 6) is 0.890. The van der Waals surface area contributed by atoms with E-state index in [9.17, 15) is 0 Å². The van der Waals surface area contributed by atoms with E-state index in [-0.39, 0.29) is 5.54 Å². The highest BCUT2D eigenvalue weighted by Crippen LogP contribution is 2.33. The number of morpholine rings is 1. The Hall–Kier alpha value is -2.45. The summed E-state index contributed by atoms with van der Waals surface area (Å²) in [5, 5.41) is 11.3. The molecule has 1 saturated heterocycles. The Morgan fingerprint density at radius 2 is 1.87 bits per heavy atom. The van der Waals surface area contributed by atoms with Crippen molar-refractivity contribution in [2.75, 3.05) is 39.4 Å². The minimum absolute atomic E-state index is 0.220. The summed E-state index contributed by atoms with van der Waals surface area (Å²) < 4.78 is 7.37. The van der Waals surface area contributed by atoms with Gasteiger partial charge in [0.2, 0.25) is 0 Å². The van der Waals surface area contributed by atoms with Gasteiger partial charge in [-0.1, -0.05) is 31.4 Å². The van der Waals surface area contributed by atoms with Crippen molar-refractivity contribution in [2.24, 2.45) is 4.99 Å². The van der Waals surface area contributed by atoms with Gasteiger partial charge in [0.1, 0.15) is 12.7 Å². The topological polar surface area (TPSA) is 79.6 Å². The fraction of sp³-hybridized carbons (Fsp3) is 0.609. The van der Waals surface area contributed by atoms with Gasteiger partial charge >= 0.3 is 0 Å². The Balaban J connectivity index is 1.39. The lowest BCUT2D eigenvalue weighted by Crippen LogP contribution is -2.60. The van der Waals surface area contributed by atoms with Gasteiger partial charge in [-0.15, -0.1) is 0 Å². The van der Waals surface area contributed by atoms with Gasteiger partial charge < -0.3 is 15.4 Å². The summed E-state index contributed by atoms with van der Waals surface area (Å²) in [6, 6.07) is 8.30. The molecule has 2 heterocycles. The van der Waals surface area contributed by atoms with Crippen molar-refractivity contribution in [1.82, 2.24) is 30.3 Å². The molecule has 0 spiro atoms. The maximum atomic E-state index is 5.61. The third kappa shape index (κ3) is 5.62. The van der Waals surface area contributed by atoms with E-state index in [0.29, 0.717) is 6.54 Å². The van der Waals surface area contributed by atoms with Crippen molar-refractivity contribution in [3.05, 3.63) is 42.5 Å². The van der Waals surface area contributed by atoms with Crippen LogP contribution in [0.2, 0.25) is 0 Å². The summed E-state index contributed by atoms with van der Waals surface area (Å²) in [4.78, 5) is 11.5. The predicted octanol–water partition coefficient (Wildman–Crippen LogP) is 2.36. The number of aromatic nitrogens is 3. The van der Waals surface area contributed by atoms with Gasteiger partial charge in [0.15, 0.2) is 5.96 Å². The van der Waals surface area contributed by atoms with Crippen LogP contribution in [-0.2, 0) is 11.3 Å². The summed E-state index contributed by atoms with van der Waals surface area (Å²) in [6.07, 6.45) is 9.73. The lowest BCUT2D eigenvalue weighted by molar-refractivity contribution is -0.0352. The highest BCUT2D eigenvalue weighted by molar-refractivity contribution is 5.79. The van der Waals surface area contributed by atoms with Gasteiger partial charge in [-0.05, 0) is 37.5 Å². The number of ether oxygens (including phenoxy) is 1. The van der Waals surface area contributed by atoms with Crippen molar-refractivity contribution < 1.29 is 4.74 Å². The third-order valence-electron chi connectivity index (χ3n) is 6.43. The number of hydrogen-bond donors (Lipinski definition) is 2. The van der Waals surface area contributed by atoms with Crippen LogP contribution in [0.15, 0.2) is 41.9 Å². The zero-order chi connectivity index (χ0) is 21.4. The second kappa shape index (κ2) is 10.7. The van der Waals surface area contributed by atoms with Crippen molar-refractivity contribution in [2.45, 2.75) is 51.1 Å². The minimum atomic E-state index is 0.220. The zero-order valence-electron chi connectivity index (χ0n) is 18.6. The first kappa shape index (κ1) is 21.8. The highest BCUT2D eigenvalue weighted by atomic mass is 16.5. The van der Waals surface area contributed by atoms with Crippen LogP contribution >= 0.6 is 0 Å². The van der Waals surface area contributed by atoms with Crippen molar-refractivity contribution >= 4 is 5.96 Å². The first-order valence-electron chi connectivity index (χ1n) is 11.6. The molecular weight excluding hydrogens is 390 g/mol. The molecule has 0 atom stereocenters. The number of benzene rings is 1. The van der Waals surface area contributed by atoms with E-state index in [2.05, 4.69) is 56.8 Å². The van der Waals surface area contributed by atoms with Gasteiger partial charge in [0.25, 0.3) is 0 Å². The average molecular weight is 426 g/mol. The highest BCUT2D eigenvalue weighted by Gasteiger charge is 2.38. The molecule has 0 amide bonds. The Morgan fingerprint density at radius 1 is 1.10 bits per heavy atom. The lowest BCUT2D eigenvalue weighted by atomic mass is 9.80. The number of aliphatic imine (C=N–C) groups is 1. The fourth-order valence-corrected chi connectivity index (χ4v) is 4.71. The van der Waals surface area contributed by atoms with Crippen LogP contribution in [0, 0.1) is 0 Å². The zero-order valence-corrected chi connectivity index (χ0v) is 18.6. The van der Waals surface area contributed by atoms with Crippen molar-refractivity contribution in [3.8, 4) is 5.69 Å².